The van der Waals surface area contributed by atoms with Crippen LogP contribution in [0.4, 0.5) is 4.79 Å². The molecule has 0 aromatic rings. The monoisotopic (exact) mass is 285 g/mol. The van der Waals surface area contributed by atoms with Crippen molar-refractivity contribution in [2.75, 3.05) is 6.54 Å². The fourth-order valence-corrected chi connectivity index (χ4v) is 2.26. The maximum atomic E-state index is 12.1. The highest BCUT2D eigenvalue weighted by molar-refractivity contribution is 5.87. The molecule has 1 aliphatic rings. The summed E-state index contributed by atoms with van der Waals surface area (Å²) in [6, 6.07) is -1.29. The summed E-state index contributed by atoms with van der Waals surface area (Å²) >= 11 is 0. The van der Waals surface area contributed by atoms with Gasteiger partial charge in [-0.25, -0.2) is 4.79 Å². The van der Waals surface area contributed by atoms with E-state index in [0.717, 1.165) is 6.42 Å². The van der Waals surface area contributed by atoms with Crippen molar-refractivity contribution in [2.24, 2.45) is 0 Å². The van der Waals surface area contributed by atoms with E-state index in [2.05, 4.69) is 10.6 Å². The first kappa shape index (κ1) is 16.3. The molecule has 3 N–H and O–H groups in total. The van der Waals surface area contributed by atoms with E-state index in [1.807, 2.05) is 13.8 Å². The van der Waals surface area contributed by atoms with E-state index in [1.165, 1.54) is 4.90 Å². The van der Waals surface area contributed by atoms with Gasteiger partial charge in [-0.2, -0.15) is 0 Å². The molecule has 0 aromatic carbocycles. The Labute approximate surface area is 118 Å². The summed E-state index contributed by atoms with van der Waals surface area (Å²) < 4.78 is 0. The molecule has 0 saturated carbocycles. The van der Waals surface area contributed by atoms with Gasteiger partial charge in [-0.1, -0.05) is 0 Å². The van der Waals surface area contributed by atoms with Crippen molar-refractivity contribution >= 4 is 17.9 Å². The molecule has 7 heteroatoms. The van der Waals surface area contributed by atoms with E-state index in [0.29, 0.717) is 13.0 Å². The topological polar surface area (TPSA) is 98.7 Å². The number of rotatable bonds is 5. The van der Waals surface area contributed by atoms with Crippen molar-refractivity contribution < 1.29 is 19.5 Å². The number of likely N-dealkylation sites (tertiary alicyclic amines) is 1. The number of carbonyl (C=O) groups excluding carboxylic acids is 2. The zero-order valence-corrected chi connectivity index (χ0v) is 12.2. The second-order valence-corrected chi connectivity index (χ2v) is 5.42. The summed E-state index contributed by atoms with van der Waals surface area (Å²) in [5.41, 5.74) is 0. The first-order valence-electron chi connectivity index (χ1n) is 6.90. The zero-order chi connectivity index (χ0) is 15.3. The van der Waals surface area contributed by atoms with E-state index in [-0.39, 0.29) is 30.4 Å². The predicted molar refractivity (Wildman–Crippen MR) is 73.3 cm³/mol. The molecule has 1 heterocycles. The van der Waals surface area contributed by atoms with Crippen LogP contribution in [0.5, 0.6) is 0 Å². The van der Waals surface area contributed by atoms with Crippen molar-refractivity contribution in [2.45, 2.75) is 58.2 Å². The van der Waals surface area contributed by atoms with Crippen molar-refractivity contribution in [3.63, 3.8) is 0 Å². The summed E-state index contributed by atoms with van der Waals surface area (Å²) in [6.45, 7) is 5.83. The minimum absolute atomic E-state index is 0.00778. The SMILES string of the molecule is CC(C)NC(=O)C(C)NC(=O)N1CCCC1CC(=O)O. The van der Waals surface area contributed by atoms with Gasteiger partial charge >= 0.3 is 12.0 Å². The van der Waals surface area contributed by atoms with Crippen LogP contribution >= 0.6 is 0 Å². The van der Waals surface area contributed by atoms with Crippen LogP contribution in [0.25, 0.3) is 0 Å². The molecule has 1 fully saturated rings. The number of carboxylic acid groups (broad SMARTS) is 1. The van der Waals surface area contributed by atoms with Crippen LogP contribution in [0.3, 0.4) is 0 Å². The van der Waals surface area contributed by atoms with Crippen LogP contribution in [0.1, 0.15) is 40.0 Å². The van der Waals surface area contributed by atoms with Gasteiger partial charge in [0, 0.05) is 18.6 Å². The Bertz CT molecular complexity index is 384. The molecule has 1 aliphatic heterocycles. The third kappa shape index (κ3) is 4.71. The normalized spacial score (nSPS) is 19.8. The number of carbonyl (C=O) groups is 3. The Hall–Kier alpha value is -1.79. The molecule has 7 nitrogen and oxygen atoms in total. The third-order valence-electron chi connectivity index (χ3n) is 3.21. The maximum absolute atomic E-state index is 12.1. The van der Waals surface area contributed by atoms with Crippen LogP contribution in [0.2, 0.25) is 0 Å². The molecular weight excluding hydrogens is 262 g/mol. The minimum atomic E-state index is -0.916. The molecule has 3 amide bonds. The van der Waals surface area contributed by atoms with Crippen molar-refractivity contribution in [1.82, 2.24) is 15.5 Å². The van der Waals surface area contributed by atoms with Gasteiger partial charge in [0.05, 0.1) is 6.42 Å². The van der Waals surface area contributed by atoms with Crippen molar-refractivity contribution in [1.29, 1.82) is 0 Å². The maximum Gasteiger partial charge on any atom is 0.318 e. The van der Waals surface area contributed by atoms with Crippen LogP contribution in [-0.2, 0) is 9.59 Å². The Morgan fingerprint density at radius 2 is 1.90 bits per heavy atom. The fraction of sp³-hybridized carbons (Fsp3) is 0.769. The third-order valence-corrected chi connectivity index (χ3v) is 3.21. The molecule has 2 unspecified atom stereocenters. The first-order chi connectivity index (χ1) is 9.31. The van der Waals surface area contributed by atoms with E-state index in [9.17, 15) is 14.4 Å². The Balaban J connectivity index is 2.52. The fourth-order valence-electron chi connectivity index (χ4n) is 2.26. The molecule has 0 radical (unpaired) electrons. The second kappa shape index (κ2) is 7.12. The minimum Gasteiger partial charge on any atom is -0.481 e. The zero-order valence-electron chi connectivity index (χ0n) is 12.2. The van der Waals surface area contributed by atoms with Gasteiger partial charge in [0.15, 0.2) is 0 Å². The summed E-state index contributed by atoms with van der Waals surface area (Å²) in [4.78, 5) is 36.1. The summed E-state index contributed by atoms with van der Waals surface area (Å²) in [5.74, 6) is -1.16. The Kier molecular flexibility index (Phi) is 5.79. The Morgan fingerprint density at radius 3 is 2.45 bits per heavy atom. The van der Waals surface area contributed by atoms with Gasteiger partial charge in [0.1, 0.15) is 6.04 Å². The number of amides is 3. The van der Waals surface area contributed by atoms with E-state index in [4.69, 9.17) is 5.11 Å². The average molecular weight is 285 g/mol. The summed E-state index contributed by atoms with van der Waals surface area (Å²) in [7, 11) is 0. The molecule has 20 heavy (non-hydrogen) atoms. The quantitative estimate of drug-likeness (QED) is 0.687. The molecule has 2 atom stereocenters. The number of nitrogens with one attached hydrogen (secondary N) is 2. The van der Waals surface area contributed by atoms with Gasteiger partial charge in [-0.3, -0.25) is 9.59 Å². The summed E-state index contributed by atoms with van der Waals surface area (Å²) in [5, 5.41) is 14.1. The summed E-state index contributed by atoms with van der Waals surface area (Å²) in [6.07, 6.45) is 1.42. The number of carboxylic acids is 1. The van der Waals surface area contributed by atoms with Gasteiger partial charge in [-0.05, 0) is 33.6 Å². The second-order valence-electron chi connectivity index (χ2n) is 5.42. The number of nitrogens with zero attached hydrogens (tertiary/aromatic N) is 1. The number of urea groups is 1. The molecule has 0 aliphatic carbocycles. The highest BCUT2D eigenvalue weighted by Gasteiger charge is 2.31. The van der Waals surface area contributed by atoms with E-state index in [1.54, 1.807) is 6.92 Å². The van der Waals surface area contributed by atoms with Crippen molar-refractivity contribution in [3.05, 3.63) is 0 Å². The highest BCUT2D eigenvalue weighted by Crippen LogP contribution is 2.20. The van der Waals surface area contributed by atoms with Crippen LogP contribution < -0.4 is 10.6 Å². The van der Waals surface area contributed by atoms with Gasteiger partial charge in [0.2, 0.25) is 5.91 Å². The first-order valence-corrected chi connectivity index (χ1v) is 6.90. The van der Waals surface area contributed by atoms with Crippen LogP contribution in [0, 0.1) is 0 Å². The number of hydrogen-bond donors (Lipinski definition) is 3. The van der Waals surface area contributed by atoms with Crippen molar-refractivity contribution in [3.8, 4) is 0 Å². The lowest BCUT2D eigenvalue weighted by atomic mass is 10.1. The molecule has 1 rings (SSSR count). The largest absolute Gasteiger partial charge is 0.481 e. The molecular formula is C13H23N3O4. The Morgan fingerprint density at radius 1 is 1.25 bits per heavy atom. The lowest BCUT2D eigenvalue weighted by Gasteiger charge is -2.26. The van der Waals surface area contributed by atoms with Gasteiger partial charge < -0.3 is 20.6 Å². The van der Waals surface area contributed by atoms with E-state index < -0.39 is 12.0 Å². The number of aliphatic carboxylic acids is 1. The van der Waals surface area contributed by atoms with Gasteiger partial charge in [0.25, 0.3) is 0 Å². The van der Waals surface area contributed by atoms with Crippen LogP contribution in [-0.4, -0.2) is 52.6 Å². The molecule has 114 valence electrons. The standard InChI is InChI=1S/C13H23N3O4/c1-8(2)14-12(19)9(3)15-13(20)16-6-4-5-10(16)7-11(17)18/h8-10H,4-7H2,1-3H3,(H,14,19)(H,15,20)(H,17,18). The molecule has 0 bridgehead atoms. The van der Waals surface area contributed by atoms with E-state index >= 15 is 0 Å². The lowest BCUT2D eigenvalue weighted by Crippen LogP contribution is -2.52. The number of hydrogen-bond acceptors (Lipinski definition) is 3. The smallest absolute Gasteiger partial charge is 0.318 e. The van der Waals surface area contributed by atoms with Gasteiger partial charge in [-0.15, -0.1) is 0 Å². The molecule has 0 spiro atoms. The lowest BCUT2D eigenvalue weighted by molar-refractivity contribution is -0.138. The predicted octanol–water partition coefficient (Wildman–Crippen LogP) is 0.548. The highest BCUT2D eigenvalue weighted by atomic mass is 16.4. The average Bonchev–Trinajstić information content (AvgIpc) is 2.75. The molecule has 0 aromatic heterocycles. The van der Waals surface area contributed by atoms with Crippen LogP contribution in [0.15, 0.2) is 0 Å². The molecule has 1 saturated heterocycles.